The molecule has 1 aromatic carbocycles. The molecule has 8 nitrogen and oxygen atoms in total. The number of aliphatic carboxylic acids is 2. The van der Waals surface area contributed by atoms with Gasteiger partial charge in [-0.15, -0.1) is 0 Å². The summed E-state index contributed by atoms with van der Waals surface area (Å²) in [6.07, 6.45) is 3.78. The predicted octanol–water partition coefficient (Wildman–Crippen LogP) is 2.82. The summed E-state index contributed by atoms with van der Waals surface area (Å²) in [6, 6.07) is 6.98. The molecule has 2 aromatic rings. The maximum atomic E-state index is 13.9. The molecule has 0 saturated carbocycles. The van der Waals surface area contributed by atoms with Crippen LogP contribution in [0.2, 0.25) is 0 Å². The molecule has 4 rings (SSSR count). The Morgan fingerprint density at radius 3 is 2.24 bits per heavy atom. The Balaban J connectivity index is 2.09. The summed E-state index contributed by atoms with van der Waals surface area (Å²) in [4.78, 5) is 45.4. The van der Waals surface area contributed by atoms with Crippen molar-refractivity contribution in [2.24, 2.45) is 11.3 Å². The van der Waals surface area contributed by atoms with Crippen LogP contribution in [0.15, 0.2) is 36.8 Å². The minimum atomic E-state index is -2.55. The van der Waals surface area contributed by atoms with E-state index in [4.69, 9.17) is 0 Å². The topological polar surface area (TPSA) is 132 Å². The molecule has 4 N–H and O–H groups in total. The zero-order valence-corrected chi connectivity index (χ0v) is 16.4. The molecule has 154 valence electrons. The van der Waals surface area contributed by atoms with Gasteiger partial charge in [0, 0.05) is 18.3 Å². The fourth-order valence-electron chi connectivity index (χ4n) is 3.98. The molecule has 0 radical (unpaired) electrons. The minimum Gasteiger partial charge on any atom is -0.480 e. The Morgan fingerprint density at radius 2 is 1.79 bits per heavy atom. The van der Waals surface area contributed by atoms with E-state index in [0.717, 1.165) is 0 Å². The van der Waals surface area contributed by atoms with Crippen molar-refractivity contribution in [3.63, 3.8) is 0 Å². The van der Waals surface area contributed by atoms with Crippen molar-refractivity contribution in [1.82, 2.24) is 9.97 Å². The third-order valence-corrected chi connectivity index (χ3v) is 5.58. The number of carboxylic acid groups (broad SMARTS) is 2. The average molecular weight is 399 g/mol. The minimum absolute atomic E-state index is 0.0370. The van der Waals surface area contributed by atoms with Crippen LogP contribution < -0.4 is 5.32 Å². The molecule has 0 amide bonds. The highest BCUT2D eigenvalue weighted by molar-refractivity contribution is 6.23. The number of benzene rings is 1. The quantitative estimate of drug-likeness (QED) is 0.452. The summed E-state index contributed by atoms with van der Waals surface area (Å²) in [5, 5.41) is 23.0. The van der Waals surface area contributed by atoms with Crippen LogP contribution >= 0.6 is 0 Å². The third kappa shape index (κ3) is 3.50. The molecule has 1 atom stereocenters. The number of nitrogens with zero attached hydrogens (tertiary/aromatic N) is 1. The van der Waals surface area contributed by atoms with Gasteiger partial charge in [0.2, 0.25) is 5.41 Å². The van der Waals surface area contributed by atoms with Crippen molar-refractivity contribution in [1.29, 1.82) is 0 Å². The van der Waals surface area contributed by atoms with E-state index in [9.17, 15) is 24.6 Å². The predicted molar refractivity (Wildman–Crippen MR) is 105 cm³/mol. The number of imidazole rings is 1. The zero-order chi connectivity index (χ0) is 21.2. The Labute approximate surface area is 168 Å². The normalized spacial score (nSPS) is 17.9. The van der Waals surface area contributed by atoms with Crippen LogP contribution in [0, 0.1) is 11.3 Å². The zero-order valence-electron chi connectivity index (χ0n) is 16.4. The van der Waals surface area contributed by atoms with Gasteiger partial charge in [-0.2, -0.15) is 0 Å². The lowest BCUT2D eigenvalue weighted by Crippen LogP contribution is -2.59. The lowest BCUT2D eigenvalue weighted by molar-refractivity contribution is -0.170. The maximum absolute atomic E-state index is 13.9. The largest absolute Gasteiger partial charge is 0.480 e. The van der Waals surface area contributed by atoms with Crippen molar-refractivity contribution in [3.05, 3.63) is 48.0 Å². The lowest BCUT2D eigenvalue weighted by atomic mass is 9.66. The molecular formula is C21H25N3O5. The first-order chi connectivity index (χ1) is 13.7. The van der Waals surface area contributed by atoms with Crippen molar-refractivity contribution < 1.29 is 24.6 Å². The molecule has 0 saturated heterocycles. The molecule has 2 bridgehead atoms. The molecule has 29 heavy (non-hydrogen) atoms. The molecule has 8 heteroatoms. The Morgan fingerprint density at radius 1 is 1.14 bits per heavy atom. The first kappa shape index (κ1) is 20.6. The van der Waals surface area contributed by atoms with Crippen LogP contribution in [0.25, 0.3) is 0 Å². The van der Waals surface area contributed by atoms with E-state index in [1.165, 1.54) is 6.33 Å². The summed E-state index contributed by atoms with van der Waals surface area (Å²) in [5.41, 5.74) is -2.39. The van der Waals surface area contributed by atoms with E-state index in [-0.39, 0.29) is 18.8 Å². The summed E-state index contributed by atoms with van der Waals surface area (Å²) in [6.45, 7) is 3.93. The summed E-state index contributed by atoms with van der Waals surface area (Å²) in [7, 11) is 0. The highest BCUT2D eigenvalue weighted by Gasteiger charge is 2.61. The van der Waals surface area contributed by atoms with Crippen LogP contribution in [-0.2, 0) is 26.3 Å². The van der Waals surface area contributed by atoms with Gasteiger partial charge in [-0.3, -0.25) is 14.4 Å². The number of H-pyrrole nitrogens is 1. The fourth-order valence-corrected chi connectivity index (χ4v) is 3.98. The number of hydrogen-bond acceptors (Lipinski definition) is 5. The number of ketones is 1. The van der Waals surface area contributed by atoms with Crippen molar-refractivity contribution in [2.45, 2.75) is 45.1 Å². The maximum Gasteiger partial charge on any atom is 0.328 e. The molecule has 0 unspecified atom stereocenters. The van der Waals surface area contributed by atoms with E-state index in [1.54, 1.807) is 30.5 Å². The van der Waals surface area contributed by atoms with Crippen molar-refractivity contribution in [2.75, 3.05) is 5.32 Å². The van der Waals surface area contributed by atoms with Gasteiger partial charge in [0.1, 0.15) is 5.54 Å². The van der Waals surface area contributed by atoms with E-state index in [0.29, 0.717) is 29.8 Å². The molecular weight excluding hydrogens is 374 g/mol. The number of anilines is 1. The number of carboxylic acids is 2. The number of aromatic amines is 1. The number of carbonyl (C=O) groups excluding carboxylic acids is 1. The van der Waals surface area contributed by atoms with Crippen LogP contribution in [0.4, 0.5) is 5.69 Å². The van der Waals surface area contributed by atoms with Crippen molar-refractivity contribution in [3.8, 4) is 0 Å². The number of Topliss-reactive ketones (excluding diaryl/α,β-unsaturated/α-hetero) is 1. The molecule has 2 aliphatic rings. The smallest absolute Gasteiger partial charge is 0.328 e. The number of hydrogen-bond donors (Lipinski definition) is 4. The number of aromatic nitrogens is 2. The van der Waals surface area contributed by atoms with E-state index in [1.807, 2.05) is 13.8 Å². The molecule has 1 aromatic heterocycles. The van der Waals surface area contributed by atoms with Crippen molar-refractivity contribution >= 4 is 23.4 Å². The number of nitrogens with one attached hydrogen (secondary N) is 2. The first-order valence-electron chi connectivity index (χ1n) is 9.60. The van der Waals surface area contributed by atoms with E-state index < -0.39 is 28.7 Å². The lowest BCUT2D eigenvalue weighted by Gasteiger charge is -2.42. The Kier molecular flexibility index (Phi) is 5.46. The van der Waals surface area contributed by atoms with Gasteiger partial charge in [0.15, 0.2) is 5.78 Å². The molecule has 3 heterocycles. The van der Waals surface area contributed by atoms with Gasteiger partial charge in [-0.05, 0) is 30.0 Å². The molecule has 0 spiro atoms. The van der Waals surface area contributed by atoms with E-state index >= 15 is 0 Å². The monoisotopic (exact) mass is 399 g/mol. The number of carbonyl (C=O) groups is 3. The second-order valence-corrected chi connectivity index (χ2v) is 7.98. The van der Waals surface area contributed by atoms with Crippen LogP contribution in [0.3, 0.4) is 0 Å². The number of fused-ring (bicyclic) bond motifs is 3. The highest BCUT2D eigenvalue weighted by atomic mass is 16.4. The van der Waals surface area contributed by atoms with Gasteiger partial charge in [-0.1, -0.05) is 38.8 Å². The van der Waals surface area contributed by atoms with Gasteiger partial charge in [0.25, 0.3) is 0 Å². The van der Waals surface area contributed by atoms with Crippen LogP contribution in [0.1, 0.15) is 44.4 Å². The fraction of sp³-hybridized carbons (Fsp3) is 0.429. The molecule has 0 aliphatic carbocycles. The SMILES string of the molecule is CC(C)CCCC(C(=O)O)(C(=O)O)C(=O)[C@]1(Cc2c[nH]cn2)Nc2ccc1cc2. The molecule has 0 fully saturated rings. The van der Waals surface area contributed by atoms with Crippen LogP contribution in [-0.4, -0.2) is 37.9 Å². The summed E-state index contributed by atoms with van der Waals surface area (Å²) >= 11 is 0. The Hall–Kier alpha value is -3.16. The first-order valence-corrected chi connectivity index (χ1v) is 9.60. The molecule has 2 aliphatic heterocycles. The van der Waals surface area contributed by atoms with Gasteiger partial charge in [0.05, 0.1) is 12.0 Å². The Bertz CT molecular complexity index is 891. The van der Waals surface area contributed by atoms with Gasteiger partial charge >= 0.3 is 11.9 Å². The second kappa shape index (κ2) is 7.69. The summed E-state index contributed by atoms with van der Waals surface area (Å²) in [5.74, 6) is -3.88. The number of rotatable bonds is 10. The van der Waals surface area contributed by atoms with E-state index in [2.05, 4.69) is 15.3 Å². The highest BCUT2D eigenvalue weighted by Crippen LogP contribution is 2.43. The summed E-state index contributed by atoms with van der Waals surface area (Å²) < 4.78 is 0. The van der Waals surface area contributed by atoms with Crippen LogP contribution in [0.5, 0.6) is 0 Å². The second-order valence-electron chi connectivity index (χ2n) is 7.98. The van der Waals surface area contributed by atoms with Gasteiger partial charge < -0.3 is 20.5 Å². The standard InChI is InChI=1S/C21H25N3O5/c1-13(2)4-3-9-20(18(26)27,19(28)29)17(25)21(10-16-11-22-12-23-16)14-5-7-15(24-21)8-6-14/h5-8,11-13,24H,3-4,9-10H2,1-2H3,(H,22,23)(H,26,27)(H,28,29)/t21-/m1/s1. The van der Waals surface area contributed by atoms with Gasteiger partial charge in [-0.25, -0.2) is 4.98 Å². The average Bonchev–Trinajstić information content (AvgIpc) is 3.17. The third-order valence-electron chi connectivity index (χ3n) is 5.58.